The van der Waals surface area contributed by atoms with Crippen molar-refractivity contribution in [1.29, 1.82) is 0 Å². The van der Waals surface area contributed by atoms with Gasteiger partial charge in [0.05, 0.1) is 0 Å². The molecule has 2 aromatic rings. The fraction of sp³-hybridized carbons (Fsp3) is 0.615. The molecule has 2 rings (SSSR count). The number of imidazole rings is 1. The van der Waals surface area contributed by atoms with Gasteiger partial charge in [-0.05, 0) is 6.42 Å². The molecule has 0 saturated heterocycles. The lowest BCUT2D eigenvalue weighted by atomic mass is 10.2. The van der Waals surface area contributed by atoms with Gasteiger partial charge in [-0.3, -0.25) is 9.13 Å². The SMILES string of the molecule is CCCC[C@H](C)Sc1nc2c([nH]1)c(=S)n(C)c(=O)n2C. The first-order valence-corrected chi connectivity index (χ1v) is 8.06. The second-order valence-electron chi connectivity index (χ2n) is 5.02. The molecule has 2 heterocycles. The third kappa shape index (κ3) is 2.83. The lowest BCUT2D eigenvalue weighted by Crippen LogP contribution is -2.27. The zero-order chi connectivity index (χ0) is 14.9. The number of nitrogens with zero attached hydrogens (tertiary/aromatic N) is 3. The van der Waals surface area contributed by atoms with E-state index in [4.69, 9.17) is 12.2 Å². The molecule has 0 radical (unpaired) electrons. The van der Waals surface area contributed by atoms with Gasteiger partial charge in [0, 0.05) is 19.3 Å². The molecule has 0 fully saturated rings. The molecule has 0 unspecified atom stereocenters. The molecule has 0 spiro atoms. The van der Waals surface area contributed by atoms with Crippen LogP contribution in [0.2, 0.25) is 0 Å². The minimum absolute atomic E-state index is 0.149. The van der Waals surface area contributed by atoms with Crippen LogP contribution in [0.1, 0.15) is 33.1 Å². The Balaban J connectivity index is 2.39. The predicted octanol–water partition coefficient (Wildman–Crippen LogP) is 3.00. The first-order chi connectivity index (χ1) is 9.45. The average molecular weight is 312 g/mol. The van der Waals surface area contributed by atoms with Crippen molar-refractivity contribution in [3.63, 3.8) is 0 Å². The lowest BCUT2D eigenvalue weighted by Gasteiger charge is -2.07. The molecular formula is C13H20N4OS2. The van der Waals surface area contributed by atoms with Crippen LogP contribution in [0.15, 0.2) is 9.95 Å². The highest BCUT2D eigenvalue weighted by Crippen LogP contribution is 2.25. The summed E-state index contributed by atoms with van der Waals surface area (Å²) in [6.45, 7) is 4.39. The number of aryl methyl sites for hydroxylation is 1. The zero-order valence-corrected chi connectivity index (χ0v) is 13.9. The van der Waals surface area contributed by atoms with Crippen molar-refractivity contribution < 1.29 is 0 Å². The van der Waals surface area contributed by atoms with E-state index < -0.39 is 0 Å². The van der Waals surface area contributed by atoms with Gasteiger partial charge < -0.3 is 4.98 Å². The normalized spacial score (nSPS) is 13.0. The number of unbranched alkanes of at least 4 members (excludes halogenated alkanes) is 1. The van der Waals surface area contributed by atoms with Crippen LogP contribution in [0, 0.1) is 4.64 Å². The minimum atomic E-state index is -0.149. The largest absolute Gasteiger partial charge is 0.330 e. The molecule has 7 heteroatoms. The molecule has 110 valence electrons. The maximum Gasteiger partial charge on any atom is 0.330 e. The number of hydrogen-bond donors (Lipinski definition) is 1. The molecule has 2 aromatic heterocycles. The first-order valence-electron chi connectivity index (χ1n) is 6.78. The topological polar surface area (TPSA) is 55.6 Å². The Morgan fingerprint density at radius 1 is 1.40 bits per heavy atom. The van der Waals surface area contributed by atoms with Crippen molar-refractivity contribution in [2.75, 3.05) is 0 Å². The van der Waals surface area contributed by atoms with Gasteiger partial charge in [-0.2, -0.15) is 0 Å². The van der Waals surface area contributed by atoms with Gasteiger partial charge in [0.25, 0.3) is 0 Å². The summed E-state index contributed by atoms with van der Waals surface area (Å²) in [5.41, 5.74) is 1.24. The van der Waals surface area contributed by atoms with Crippen LogP contribution < -0.4 is 5.69 Å². The molecule has 20 heavy (non-hydrogen) atoms. The van der Waals surface area contributed by atoms with E-state index in [0.29, 0.717) is 15.5 Å². The Morgan fingerprint density at radius 3 is 2.75 bits per heavy atom. The Hall–Kier alpha value is -1.08. The van der Waals surface area contributed by atoms with E-state index in [-0.39, 0.29) is 5.69 Å². The van der Waals surface area contributed by atoms with Crippen LogP contribution in [-0.2, 0) is 14.1 Å². The van der Waals surface area contributed by atoms with Gasteiger partial charge in [-0.1, -0.05) is 50.7 Å². The van der Waals surface area contributed by atoms with Crippen LogP contribution in [0.4, 0.5) is 0 Å². The molecule has 0 aromatic carbocycles. The maximum absolute atomic E-state index is 12.0. The molecule has 0 bridgehead atoms. The van der Waals surface area contributed by atoms with E-state index in [1.54, 1.807) is 25.9 Å². The summed E-state index contributed by atoms with van der Waals surface area (Å²) in [4.78, 5) is 19.7. The third-order valence-electron chi connectivity index (χ3n) is 3.35. The fourth-order valence-corrected chi connectivity index (χ4v) is 3.29. The van der Waals surface area contributed by atoms with Gasteiger partial charge in [-0.25, -0.2) is 9.78 Å². The molecule has 0 aliphatic carbocycles. The molecule has 0 aliphatic heterocycles. The predicted molar refractivity (Wildman–Crippen MR) is 86.0 cm³/mol. The summed E-state index contributed by atoms with van der Waals surface area (Å²) in [5.74, 6) is 0. The summed E-state index contributed by atoms with van der Waals surface area (Å²) in [7, 11) is 3.40. The van der Waals surface area contributed by atoms with E-state index in [1.165, 1.54) is 22.0 Å². The van der Waals surface area contributed by atoms with Crippen molar-refractivity contribution >= 4 is 35.1 Å². The average Bonchev–Trinajstić information content (AvgIpc) is 2.84. The van der Waals surface area contributed by atoms with E-state index in [0.717, 1.165) is 17.1 Å². The van der Waals surface area contributed by atoms with Crippen LogP contribution in [0.25, 0.3) is 11.2 Å². The number of thioether (sulfide) groups is 1. The molecule has 1 atom stereocenters. The van der Waals surface area contributed by atoms with Crippen molar-refractivity contribution in [1.82, 2.24) is 19.1 Å². The third-order valence-corrected chi connectivity index (χ3v) is 4.88. The summed E-state index contributed by atoms with van der Waals surface area (Å²) < 4.78 is 3.50. The van der Waals surface area contributed by atoms with Gasteiger partial charge in [0.1, 0.15) is 10.2 Å². The number of nitrogens with one attached hydrogen (secondary N) is 1. The quantitative estimate of drug-likeness (QED) is 0.681. The minimum Gasteiger partial charge on any atom is -0.329 e. The molecule has 0 saturated carbocycles. The Bertz CT molecular complexity index is 728. The van der Waals surface area contributed by atoms with Crippen molar-refractivity contribution in [3.8, 4) is 0 Å². The van der Waals surface area contributed by atoms with Crippen molar-refractivity contribution in [3.05, 3.63) is 15.1 Å². The highest BCUT2D eigenvalue weighted by Gasteiger charge is 2.13. The summed E-state index contributed by atoms with van der Waals surface area (Å²) in [6, 6.07) is 0. The molecular weight excluding hydrogens is 292 g/mol. The smallest absolute Gasteiger partial charge is 0.329 e. The van der Waals surface area contributed by atoms with Gasteiger partial charge >= 0.3 is 5.69 Å². The Morgan fingerprint density at radius 2 is 2.10 bits per heavy atom. The number of aromatic amines is 1. The van der Waals surface area contributed by atoms with Crippen LogP contribution in [0.3, 0.4) is 0 Å². The maximum atomic E-state index is 12.0. The number of H-pyrrole nitrogens is 1. The molecule has 0 amide bonds. The number of hydrogen-bond acceptors (Lipinski definition) is 4. The van der Waals surface area contributed by atoms with Crippen molar-refractivity contribution in [2.45, 2.75) is 43.5 Å². The summed E-state index contributed by atoms with van der Waals surface area (Å²) >= 11 is 7.01. The van der Waals surface area contributed by atoms with Gasteiger partial charge in [-0.15, -0.1) is 0 Å². The number of rotatable bonds is 5. The monoisotopic (exact) mass is 312 g/mol. The summed E-state index contributed by atoms with van der Waals surface area (Å²) in [5, 5.41) is 1.32. The number of fused-ring (bicyclic) bond motifs is 1. The van der Waals surface area contributed by atoms with Gasteiger partial charge in [0.15, 0.2) is 10.8 Å². The molecule has 1 N–H and O–H groups in total. The second-order valence-corrected chi connectivity index (χ2v) is 6.83. The summed E-state index contributed by atoms with van der Waals surface area (Å²) in [6.07, 6.45) is 3.57. The highest BCUT2D eigenvalue weighted by atomic mass is 32.2. The van der Waals surface area contributed by atoms with E-state index in [1.807, 2.05) is 0 Å². The first kappa shape index (κ1) is 15.3. The molecule has 0 aliphatic rings. The van der Waals surface area contributed by atoms with Crippen molar-refractivity contribution in [2.24, 2.45) is 14.1 Å². The fourth-order valence-electron chi connectivity index (χ4n) is 2.10. The van der Waals surface area contributed by atoms with Crippen LogP contribution in [-0.4, -0.2) is 24.4 Å². The number of aromatic nitrogens is 4. The standard InChI is InChI=1S/C13H20N4OS2/c1-5-6-7-8(2)20-12-14-9-10(15-12)16(3)13(18)17(4)11(9)19/h8H,5-7H2,1-4H3,(H,14,15)/t8-/m0/s1. The van der Waals surface area contributed by atoms with E-state index >= 15 is 0 Å². The Kier molecular flexibility index (Phi) is 4.70. The van der Waals surface area contributed by atoms with Gasteiger partial charge in [0.2, 0.25) is 0 Å². The van der Waals surface area contributed by atoms with E-state index in [2.05, 4.69) is 23.8 Å². The second kappa shape index (κ2) is 6.13. The highest BCUT2D eigenvalue weighted by molar-refractivity contribution is 7.99. The molecule has 5 nitrogen and oxygen atoms in total. The zero-order valence-electron chi connectivity index (χ0n) is 12.3. The van der Waals surface area contributed by atoms with Crippen LogP contribution >= 0.6 is 24.0 Å². The van der Waals surface area contributed by atoms with E-state index in [9.17, 15) is 4.79 Å². The Labute approximate surface area is 127 Å². The van der Waals surface area contributed by atoms with Crippen LogP contribution in [0.5, 0.6) is 0 Å². The lowest BCUT2D eigenvalue weighted by molar-refractivity contribution is 0.711.